The number of halogens is 2. The molecule has 0 saturated carbocycles. The van der Waals surface area contributed by atoms with Gasteiger partial charge >= 0.3 is 0 Å². The predicted octanol–water partition coefficient (Wildman–Crippen LogP) is 4.60. The first-order valence-electron chi connectivity index (χ1n) is 7.98. The summed E-state index contributed by atoms with van der Waals surface area (Å²) in [6, 6.07) is 10.8. The van der Waals surface area contributed by atoms with Crippen LogP contribution in [0, 0.1) is 19.8 Å². The van der Waals surface area contributed by atoms with Crippen LogP contribution >= 0.6 is 23.2 Å². The smallest absolute Gasteiger partial charge is 0.229 e. The van der Waals surface area contributed by atoms with E-state index >= 15 is 0 Å². The molecule has 0 aliphatic carbocycles. The number of hydrogen-bond acceptors (Lipinski definition) is 2. The Morgan fingerprint density at radius 1 is 1.12 bits per heavy atom. The van der Waals surface area contributed by atoms with E-state index < -0.39 is 5.92 Å². The van der Waals surface area contributed by atoms with E-state index in [1.165, 1.54) is 4.90 Å². The highest BCUT2D eigenvalue weighted by Gasteiger charge is 2.36. The highest BCUT2D eigenvalue weighted by Crippen LogP contribution is 2.33. The molecule has 3 rings (SSSR count). The fraction of sp³-hybridized carbons (Fsp3) is 0.263. The molecule has 0 spiro atoms. The third-order valence-corrected chi connectivity index (χ3v) is 4.74. The number of rotatable bonds is 3. The Hall–Kier alpha value is -2.04. The summed E-state index contributed by atoms with van der Waals surface area (Å²) < 4.78 is 0. The van der Waals surface area contributed by atoms with E-state index in [4.69, 9.17) is 23.2 Å². The Morgan fingerprint density at radius 2 is 1.80 bits per heavy atom. The number of benzene rings is 2. The topological polar surface area (TPSA) is 49.4 Å². The number of nitrogens with one attached hydrogen (secondary N) is 1. The van der Waals surface area contributed by atoms with Gasteiger partial charge in [0.2, 0.25) is 11.8 Å². The van der Waals surface area contributed by atoms with Gasteiger partial charge in [-0.1, -0.05) is 29.3 Å². The van der Waals surface area contributed by atoms with Crippen LogP contribution in [0.1, 0.15) is 17.5 Å². The second kappa shape index (κ2) is 7.06. The molecule has 2 amide bonds. The summed E-state index contributed by atoms with van der Waals surface area (Å²) in [4.78, 5) is 26.4. The van der Waals surface area contributed by atoms with Crippen LogP contribution in [-0.4, -0.2) is 18.4 Å². The number of carbonyl (C=O) groups excluding carboxylic acids is 2. The third kappa shape index (κ3) is 3.97. The summed E-state index contributed by atoms with van der Waals surface area (Å²) in [7, 11) is 0. The van der Waals surface area contributed by atoms with E-state index in [0.29, 0.717) is 15.7 Å². The van der Waals surface area contributed by atoms with E-state index in [1.54, 1.807) is 18.2 Å². The Bertz CT molecular complexity index is 831. The molecule has 6 heteroatoms. The van der Waals surface area contributed by atoms with Crippen molar-refractivity contribution < 1.29 is 9.59 Å². The molecule has 1 aliphatic heterocycles. The molecule has 1 N–H and O–H groups in total. The molecular formula is C19H18Cl2N2O2. The van der Waals surface area contributed by atoms with Gasteiger partial charge in [0, 0.05) is 23.7 Å². The average molecular weight is 377 g/mol. The van der Waals surface area contributed by atoms with Crippen LogP contribution in [0.3, 0.4) is 0 Å². The van der Waals surface area contributed by atoms with Gasteiger partial charge in [0.25, 0.3) is 0 Å². The molecule has 0 bridgehead atoms. The maximum absolute atomic E-state index is 12.6. The van der Waals surface area contributed by atoms with Crippen molar-refractivity contribution in [2.24, 2.45) is 5.92 Å². The van der Waals surface area contributed by atoms with Crippen LogP contribution in [0.4, 0.5) is 11.4 Å². The first-order chi connectivity index (χ1) is 11.8. The minimum Gasteiger partial charge on any atom is -0.326 e. The van der Waals surface area contributed by atoms with Gasteiger partial charge in [-0.2, -0.15) is 0 Å². The molecule has 1 fully saturated rings. The van der Waals surface area contributed by atoms with Gasteiger partial charge in [0.15, 0.2) is 0 Å². The number of nitrogens with zero attached hydrogens (tertiary/aromatic N) is 1. The summed E-state index contributed by atoms with van der Waals surface area (Å²) in [5.74, 6) is -0.730. The Balaban J connectivity index is 1.75. The van der Waals surface area contributed by atoms with E-state index in [1.807, 2.05) is 32.0 Å². The van der Waals surface area contributed by atoms with E-state index in [-0.39, 0.29) is 24.8 Å². The van der Waals surface area contributed by atoms with E-state index in [0.717, 1.165) is 16.8 Å². The van der Waals surface area contributed by atoms with Crippen molar-refractivity contribution in [1.82, 2.24) is 0 Å². The zero-order valence-electron chi connectivity index (χ0n) is 14.0. The fourth-order valence-corrected chi connectivity index (χ4v) is 3.49. The normalized spacial score (nSPS) is 17.0. The van der Waals surface area contributed by atoms with Gasteiger partial charge in [-0.3, -0.25) is 9.59 Å². The number of hydrogen-bond donors (Lipinski definition) is 1. The number of carbonyl (C=O) groups is 2. The van der Waals surface area contributed by atoms with Crippen LogP contribution in [0.5, 0.6) is 0 Å². The van der Waals surface area contributed by atoms with Gasteiger partial charge in [-0.05, 0) is 55.3 Å². The molecule has 1 aliphatic rings. The van der Waals surface area contributed by atoms with Crippen LogP contribution < -0.4 is 10.2 Å². The largest absolute Gasteiger partial charge is 0.326 e. The number of aryl methyl sites for hydroxylation is 2. The summed E-state index contributed by atoms with van der Waals surface area (Å²) >= 11 is 12.2. The van der Waals surface area contributed by atoms with Crippen molar-refractivity contribution in [3.05, 3.63) is 57.6 Å². The standard InChI is InChI=1S/C19H18Cl2N2O2/c1-11-5-12(2)7-15(6-11)22-19(25)13-8-18(24)23(10-13)17-9-14(20)3-4-16(17)21/h3-7,9,13H,8,10H2,1-2H3,(H,22,25). The first-order valence-corrected chi connectivity index (χ1v) is 8.73. The zero-order valence-corrected chi connectivity index (χ0v) is 15.5. The van der Waals surface area contributed by atoms with Crippen molar-refractivity contribution >= 4 is 46.4 Å². The lowest BCUT2D eigenvalue weighted by Crippen LogP contribution is -2.28. The van der Waals surface area contributed by atoms with Crippen LogP contribution in [0.2, 0.25) is 10.0 Å². The second-order valence-electron chi connectivity index (χ2n) is 6.37. The van der Waals surface area contributed by atoms with Crippen molar-refractivity contribution in [3.8, 4) is 0 Å². The van der Waals surface area contributed by atoms with Gasteiger partial charge in [-0.15, -0.1) is 0 Å². The SMILES string of the molecule is Cc1cc(C)cc(NC(=O)C2CC(=O)N(c3cc(Cl)ccc3Cl)C2)c1. The average Bonchev–Trinajstić information content (AvgIpc) is 2.90. The van der Waals surface area contributed by atoms with Crippen molar-refractivity contribution in [1.29, 1.82) is 0 Å². The predicted molar refractivity (Wildman–Crippen MR) is 101 cm³/mol. The summed E-state index contributed by atoms with van der Waals surface area (Å²) in [5.41, 5.74) is 3.44. The Morgan fingerprint density at radius 3 is 2.48 bits per heavy atom. The van der Waals surface area contributed by atoms with Crippen LogP contribution in [0.25, 0.3) is 0 Å². The highest BCUT2D eigenvalue weighted by molar-refractivity contribution is 6.36. The minimum absolute atomic E-state index is 0.135. The van der Waals surface area contributed by atoms with Crippen molar-refractivity contribution in [2.75, 3.05) is 16.8 Å². The zero-order chi connectivity index (χ0) is 18.1. The summed E-state index contributed by atoms with van der Waals surface area (Å²) in [6.45, 7) is 4.24. The van der Waals surface area contributed by atoms with Gasteiger partial charge in [-0.25, -0.2) is 0 Å². The van der Waals surface area contributed by atoms with Gasteiger partial charge in [0.1, 0.15) is 0 Å². The Labute approximate surface area is 156 Å². The molecule has 1 atom stereocenters. The quantitative estimate of drug-likeness (QED) is 0.850. The maximum atomic E-state index is 12.6. The minimum atomic E-state index is -0.427. The maximum Gasteiger partial charge on any atom is 0.229 e. The number of anilines is 2. The van der Waals surface area contributed by atoms with E-state index in [9.17, 15) is 9.59 Å². The fourth-order valence-electron chi connectivity index (χ4n) is 3.10. The van der Waals surface area contributed by atoms with Crippen LogP contribution in [0.15, 0.2) is 36.4 Å². The molecule has 2 aromatic rings. The summed E-state index contributed by atoms with van der Waals surface area (Å²) in [5, 5.41) is 3.84. The third-order valence-electron chi connectivity index (χ3n) is 4.18. The monoisotopic (exact) mass is 376 g/mol. The molecule has 4 nitrogen and oxygen atoms in total. The van der Waals surface area contributed by atoms with Crippen LogP contribution in [-0.2, 0) is 9.59 Å². The molecule has 2 aromatic carbocycles. The molecule has 0 radical (unpaired) electrons. The molecule has 0 aromatic heterocycles. The molecular weight excluding hydrogens is 359 g/mol. The summed E-state index contributed by atoms with van der Waals surface area (Å²) in [6.07, 6.45) is 0.152. The lowest BCUT2D eigenvalue weighted by atomic mass is 10.1. The molecule has 1 saturated heterocycles. The van der Waals surface area contributed by atoms with Gasteiger partial charge in [0.05, 0.1) is 16.6 Å². The highest BCUT2D eigenvalue weighted by atomic mass is 35.5. The van der Waals surface area contributed by atoms with Crippen molar-refractivity contribution in [3.63, 3.8) is 0 Å². The van der Waals surface area contributed by atoms with Crippen molar-refractivity contribution in [2.45, 2.75) is 20.3 Å². The van der Waals surface area contributed by atoms with Gasteiger partial charge < -0.3 is 10.2 Å². The lowest BCUT2D eigenvalue weighted by Gasteiger charge is -2.18. The molecule has 25 heavy (non-hydrogen) atoms. The number of amides is 2. The first kappa shape index (κ1) is 17.8. The Kier molecular flexibility index (Phi) is 5.02. The molecule has 1 unspecified atom stereocenters. The molecule has 1 heterocycles. The lowest BCUT2D eigenvalue weighted by molar-refractivity contribution is -0.122. The van der Waals surface area contributed by atoms with E-state index in [2.05, 4.69) is 5.32 Å². The molecule has 130 valence electrons. The second-order valence-corrected chi connectivity index (χ2v) is 7.21.